The molecule has 2 fully saturated rings. The maximum absolute atomic E-state index is 15.0. The van der Waals surface area contributed by atoms with Crippen molar-refractivity contribution in [3.8, 4) is 11.1 Å². The van der Waals surface area contributed by atoms with Gasteiger partial charge in [-0.15, -0.1) is 0 Å². The van der Waals surface area contributed by atoms with Crippen LogP contribution in [0, 0.1) is 19.7 Å². The molecule has 0 radical (unpaired) electrons. The van der Waals surface area contributed by atoms with Gasteiger partial charge in [0, 0.05) is 45.8 Å². The fourth-order valence-corrected chi connectivity index (χ4v) is 4.71. The van der Waals surface area contributed by atoms with E-state index in [9.17, 15) is 4.79 Å². The summed E-state index contributed by atoms with van der Waals surface area (Å²) in [4.78, 5) is 22.3. The predicted molar refractivity (Wildman–Crippen MR) is 126 cm³/mol. The maximum Gasteiger partial charge on any atom is 0.277 e. The average Bonchev–Trinajstić information content (AvgIpc) is 3.59. The number of hydrogen-bond acceptors (Lipinski definition) is 7. The van der Waals surface area contributed by atoms with Crippen molar-refractivity contribution in [1.82, 2.24) is 24.7 Å². The zero-order valence-electron chi connectivity index (χ0n) is 19.3. The van der Waals surface area contributed by atoms with Gasteiger partial charge in [-0.3, -0.25) is 4.79 Å². The zero-order chi connectivity index (χ0) is 24.3. The molecule has 35 heavy (non-hydrogen) atoms. The van der Waals surface area contributed by atoms with Gasteiger partial charge in [-0.2, -0.15) is 14.6 Å². The Kier molecular flexibility index (Phi) is 5.41. The quantitative estimate of drug-likeness (QED) is 0.390. The molecule has 1 aliphatic carbocycles. The van der Waals surface area contributed by atoms with Crippen LogP contribution in [0.4, 0.5) is 4.39 Å². The third kappa shape index (κ3) is 4.02. The molecule has 0 unspecified atom stereocenters. The summed E-state index contributed by atoms with van der Waals surface area (Å²) in [5, 5.41) is 9.11. The van der Waals surface area contributed by atoms with Gasteiger partial charge in [0.1, 0.15) is 11.9 Å². The molecule has 8 nitrogen and oxygen atoms in total. The van der Waals surface area contributed by atoms with Gasteiger partial charge in [-0.25, -0.2) is 9.37 Å². The van der Waals surface area contributed by atoms with Gasteiger partial charge < -0.3 is 9.26 Å². The van der Waals surface area contributed by atoms with E-state index in [1.165, 1.54) is 10.6 Å². The normalized spacial score (nSPS) is 20.5. The Labute approximate surface area is 205 Å². The van der Waals surface area contributed by atoms with Gasteiger partial charge in [-0.05, 0) is 63.8 Å². The average molecular weight is 496 g/mol. The lowest BCUT2D eigenvalue weighted by molar-refractivity contribution is -0.00194. The Morgan fingerprint density at radius 1 is 1.09 bits per heavy atom. The standard InChI is InChI=1S/C25H23ClFN5O3/c1-12-13(2)28-23-18(17-6-5-16(26)10-19(17)27)11-20(30-32(23)25(12)33)15-7-8-34-21(9-15)22-29-24(35-31-22)14-3-4-14/h5-6,10-11,14-15,21H,3-4,7-9H2,1-2H3/t15-,21+/m0/s1. The first-order valence-corrected chi connectivity index (χ1v) is 12.1. The molecular formula is C25H23ClFN5O3. The molecule has 2 aliphatic rings. The summed E-state index contributed by atoms with van der Waals surface area (Å²) in [6.07, 6.45) is 3.06. The summed E-state index contributed by atoms with van der Waals surface area (Å²) in [7, 11) is 0. The lowest BCUT2D eigenvalue weighted by atomic mass is 9.90. The molecule has 4 aromatic rings. The number of hydrogen-bond donors (Lipinski definition) is 0. The van der Waals surface area contributed by atoms with Crippen LogP contribution < -0.4 is 5.56 Å². The SMILES string of the molecule is Cc1nc2c(-c3ccc(Cl)cc3F)cc([C@H]3CCO[C@@H](c4noc(C5CC5)n4)C3)nn2c(=O)c1C. The van der Waals surface area contributed by atoms with Crippen LogP contribution in [-0.4, -0.2) is 31.3 Å². The zero-order valence-corrected chi connectivity index (χ0v) is 20.0. The minimum absolute atomic E-state index is 0.0522. The molecule has 1 aromatic carbocycles. The van der Waals surface area contributed by atoms with Crippen LogP contribution >= 0.6 is 11.6 Å². The first kappa shape index (κ1) is 22.3. The fourth-order valence-electron chi connectivity index (χ4n) is 4.55. The molecule has 3 aromatic heterocycles. The molecule has 4 heterocycles. The van der Waals surface area contributed by atoms with E-state index in [2.05, 4.69) is 20.2 Å². The van der Waals surface area contributed by atoms with Crippen molar-refractivity contribution in [2.45, 2.75) is 57.5 Å². The molecule has 0 spiro atoms. The van der Waals surface area contributed by atoms with Gasteiger partial charge in [0.25, 0.3) is 5.56 Å². The molecule has 0 amide bonds. The van der Waals surface area contributed by atoms with Crippen molar-refractivity contribution >= 4 is 17.2 Å². The third-order valence-corrected chi connectivity index (χ3v) is 7.11. The maximum atomic E-state index is 15.0. The Morgan fingerprint density at radius 2 is 1.91 bits per heavy atom. The smallest absolute Gasteiger partial charge is 0.277 e. The van der Waals surface area contributed by atoms with Crippen molar-refractivity contribution in [1.29, 1.82) is 0 Å². The van der Waals surface area contributed by atoms with E-state index < -0.39 is 5.82 Å². The highest BCUT2D eigenvalue weighted by Crippen LogP contribution is 2.41. The summed E-state index contributed by atoms with van der Waals surface area (Å²) in [5.41, 5.74) is 2.56. The molecule has 1 saturated carbocycles. The highest BCUT2D eigenvalue weighted by atomic mass is 35.5. The highest BCUT2D eigenvalue weighted by Gasteiger charge is 2.34. The van der Waals surface area contributed by atoms with E-state index in [1.54, 1.807) is 26.0 Å². The van der Waals surface area contributed by atoms with E-state index in [0.29, 0.717) is 75.8 Å². The summed E-state index contributed by atoms with van der Waals surface area (Å²) >= 11 is 5.99. The Balaban J connectivity index is 1.45. The van der Waals surface area contributed by atoms with Gasteiger partial charge in [0.2, 0.25) is 11.7 Å². The molecule has 0 N–H and O–H groups in total. The summed E-state index contributed by atoms with van der Waals surface area (Å²) < 4.78 is 27.7. The number of halogens is 2. The van der Waals surface area contributed by atoms with Gasteiger partial charge in [0.05, 0.1) is 5.69 Å². The minimum atomic E-state index is -0.492. The molecule has 1 saturated heterocycles. The molecule has 0 bridgehead atoms. The van der Waals surface area contributed by atoms with Gasteiger partial charge in [0.15, 0.2) is 5.65 Å². The molecule has 180 valence electrons. The monoisotopic (exact) mass is 495 g/mol. The number of rotatable bonds is 4. The number of ether oxygens (including phenoxy) is 1. The number of benzene rings is 1. The number of fused-ring (bicyclic) bond motifs is 1. The Hall–Kier alpha value is -3.17. The molecular weight excluding hydrogens is 473 g/mol. The van der Waals surface area contributed by atoms with E-state index >= 15 is 4.39 Å². The topological polar surface area (TPSA) is 95.4 Å². The van der Waals surface area contributed by atoms with Crippen LogP contribution in [0.5, 0.6) is 0 Å². The van der Waals surface area contributed by atoms with Gasteiger partial charge in [-0.1, -0.05) is 16.8 Å². The van der Waals surface area contributed by atoms with Gasteiger partial charge >= 0.3 is 0 Å². The number of aryl methyl sites for hydroxylation is 1. The second-order valence-corrected chi connectivity index (χ2v) is 9.75. The van der Waals surface area contributed by atoms with Crippen molar-refractivity contribution < 1.29 is 13.7 Å². The molecule has 1 aliphatic heterocycles. The first-order chi connectivity index (χ1) is 16.9. The van der Waals surface area contributed by atoms with Crippen molar-refractivity contribution in [3.05, 3.63) is 74.1 Å². The minimum Gasteiger partial charge on any atom is -0.370 e. The summed E-state index contributed by atoms with van der Waals surface area (Å²) in [5.74, 6) is 1.02. The van der Waals surface area contributed by atoms with Crippen LogP contribution in [0.25, 0.3) is 16.8 Å². The third-order valence-electron chi connectivity index (χ3n) is 6.87. The Bertz CT molecular complexity index is 1510. The molecule has 6 rings (SSSR count). The van der Waals surface area contributed by atoms with Crippen LogP contribution in [0.2, 0.25) is 5.02 Å². The number of nitrogens with zero attached hydrogens (tertiary/aromatic N) is 5. The lowest BCUT2D eigenvalue weighted by Gasteiger charge is -2.27. The summed E-state index contributed by atoms with van der Waals surface area (Å²) in [6.45, 7) is 3.95. The van der Waals surface area contributed by atoms with E-state index in [1.807, 2.05) is 6.07 Å². The second kappa shape index (κ2) is 8.49. The fraction of sp³-hybridized carbons (Fsp3) is 0.400. The summed E-state index contributed by atoms with van der Waals surface area (Å²) in [6, 6.07) is 6.30. The largest absolute Gasteiger partial charge is 0.370 e. The van der Waals surface area contributed by atoms with Crippen molar-refractivity contribution in [2.24, 2.45) is 0 Å². The molecule has 10 heteroatoms. The van der Waals surface area contributed by atoms with Crippen LogP contribution in [-0.2, 0) is 4.74 Å². The van der Waals surface area contributed by atoms with E-state index in [0.717, 1.165) is 12.8 Å². The predicted octanol–water partition coefficient (Wildman–Crippen LogP) is 5.06. The molecule has 2 atom stereocenters. The van der Waals surface area contributed by atoms with Crippen molar-refractivity contribution in [3.63, 3.8) is 0 Å². The van der Waals surface area contributed by atoms with Crippen molar-refractivity contribution in [2.75, 3.05) is 6.61 Å². The second-order valence-electron chi connectivity index (χ2n) is 9.32. The first-order valence-electron chi connectivity index (χ1n) is 11.7. The lowest BCUT2D eigenvalue weighted by Crippen LogP contribution is -2.26. The van der Waals surface area contributed by atoms with Crippen LogP contribution in [0.1, 0.15) is 72.3 Å². The van der Waals surface area contributed by atoms with E-state index in [-0.39, 0.29) is 17.6 Å². The Morgan fingerprint density at radius 3 is 2.69 bits per heavy atom. The highest BCUT2D eigenvalue weighted by molar-refractivity contribution is 6.30. The van der Waals surface area contributed by atoms with Crippen LogP contribution in [0.3, 0.4) is 0 Å². The van der Waals surface area contributed by atoms with E-state index in [4.69, 9.17) is 20.9 Å². The number of aromatic nitrogens is 5. The van der Waals surface area contributed by atoms with Crippen LogP contribution in [0.15, 0.2) is 33.6 Å².